The minimum Gasteiger partial charge on any atom is -0.790 e. The van der Waals surface area contributed by atoms with E-state index in [-0.39, 0.29) is 19.4 Å². The molecular formula is C39H71O8P-2. The highest BCUT2D eigenvalue weighted by Crippen LogP contribution is 2.25. The van der Waals surface area contributed by atoms with Gasteiger partial charge < -0.3 is 28.3 Å². The maximum absolute atomic E-state index is 12.3. The first-order chi connectivity index (χ1) is 23.3. The molecule has 0 radical (unpaired) electrons. The quantitative estimate of drug-likeness (QED) is 0.0274. The molecule has 8 nitrogen and oxygen atoms in total. The summed E-state index contributed by atoms with van der Waals surface area (Å²) in [6, 6.07) is 0. The smallest absolute Gasteiger partial charge is 0.306 e. The standard InChI is InChI=1S/C39H73O8P/c1-3-5-7-9-11-13-15-17-19-21-23-25-27-29-31-33-38(40)45-35-37(36-46-48(42,43)44)47-39(41)34-32-30-28-26-24-22-20-18-16-14-12-10-8-6-4-2/h17,19,24,26,37H,3-16,18,20-23,25,27-36H2,1-2H3,(H2,42,43,44)/p-2/b19-17-,26-24-/t37-/m1/s1. The Labute approximate surface area is 294 Å². The molecule has 1 atom stereocenters. The van der Waals surface area contributed by atoms with Gasteiger partial charge in [-0.2, -0.15) is 0 Å². The molecule has 0 saturated carbocycles. The fraction of sp³-hybridized carbons (Fsp3) is 0.846. The van der Waals surface area contributed by atoms with Gasteiger partial charge in [-0.3, -0.25) is 9.59 Å². The average Bonchev–Trinajstić information content (AvgIpc) is 3.05. The van der Waals surface area contributed by atoms with E-state index in [0.29, 0.717) is 12.8 Å². The van der Waals surface area contributed by atoms with Gasteiger partial charge in [0.2, 0.25) is 0 Å². The van der Waals surface area contributed by atoms with Crippen LogP contribution in [0.4, 0.5) is 0 Å². The second kappa shape index (κ2) is 35.4. The number of rotatable bonds is 36. The van der Waals surface area contributed by atoms with Crippen molar-refractivity contribution in [1.29, 1.82) is 0 Å². The van der Waals surface area contributed by atoms with Crippen molar-refractivity contribution in [2.75, 3.05) is 13.2 Å². The average molecular weight is 699 g/mol. The molecule has 48 heavy (non-hydrogen) atoms. The van der Waals surface area contributed by atoms with Crippen LogP contribution in [-0.4, -0.2) is 31.3 Å². The Kier molecular flexibility index (Phi) is 34.3. The summed E-state index contributed by atoms with van der Waals surface area (Å²) in [4.78, 5) is 46.4. The molecular weight excluding hydrogens is 627 g/mol. The van der Waals surface area contributed by atoms with E-state index in [4.69, 9.17) is 9.47 Å². The van der Waals surface area contributed by atoms with Gasteiger partial charge in [0, 0.05) is 12.8 Å². The molecule has 0 aliphatic rings. The lowest BCUT2D eigenvalue weighted by Crippen LogP contribution is -2.31. The summed E-state index contributed by atoms with van der Waals surface area (Å²) in [5.74, 6) is -0.988. The normalized spacial score (nSPS) is 12.7. The Balaban J connectivity index is 3.98. The lowest BCUT2D eigenvalue weighted by molar-refractivity contribution is -0.343. The van der Waals surface area contributed by atoms with Crippen LogP contribution in [0.15, 0.2) is 24.3 Å². The summed E-state index contributed by atoms with van der Waals surface area (Å²) >= 11 is 0. The molecule has 0 saturated heterocycles. The molecule has 0 amide bonds. The second-order valence-electron chi connectivity index (χ2n) is 13.2. The van der Waals surface area contributed by atoms with Gasteiger partial charge in [0.1, 0.15) is 6.61 Å². The molecule has 0 heterocycles. The first-order valence-electron chi connectivity index (χ1n) is 19.6. The lowest BCUT2D eigenvalue weighted by atomic mass is 10.1. The van der Waals surface area contributed by atoms with Crippen molar-refractivity contribution in [3.05, 3.63) is 24.3 Å². The Morgan fingerprint density at radius 2 is 0.875 bits per heavy atom. The monoisotopic (exact) mass is 698 g/mol. The van der Waals surface area contributed by atoms with Crippen LogP contribution >= 0.6 is 7.82 Å². The van der Waals surface area contributed by atoms with Crippen LogP contribution in [-0.2, 0) is 28.2 Å². The van der Waals surface area contributed by atoms with Crippen LogP contribution < -0.4 is 9.79 Å². The zero-order valence-corrected chi connectivity index (χ0v) is 31.7. The molecule has 0 N–H and O–H groups in total. The molecule has 0 aliphatic heterocycles. The Morgan fingerprint density at radius 1 is 0.521 bits per heavy atom. The van der Waals surface area contributed by atoms with Gasteiger partial charge in [0.25, 0.3) is 0 Å². The van der Waals surface area contributed by atoms with Crippen molar-refractivity contribution in [3.63, 3.8) is 0 Å². The van der Waals surface area contributed by atoms with Gasteiger partial charge in [0.15, 0.2) is 6.10 Å². The number of hydrogen-bond donors (Lipinski definition) is 0. The number of carbonyl (C=O) groups is 2. The Morgan fingerprint density at radius 3 is 1.31 bits per heavy atom. The molecule has 0 aromatic heterocycles. The first-order valence-corrected chi connectivity index (χ1v) is 21.1. The molecule has 0 fully saturated rings. The summed E-state index contributed by atoms with van der Waals surface area (Å²) in [7, 11) is -5.25. The highest BCUT2D eigenvalue weighted by Gasteiger charge is 2.18. The molecule has 0 bridgehead atoms. The van der Waals surface area contributed by atoms with Gasteiger partial charge in [-0.1, -0.05) is 141 Å². The molecule has 0 spiro atoms. The van der Waals surface area contributed by atoms with Gasteiger partial charge in [-0.05, 0) is 64.2 Å². The summed E-state index contributed by atoms with van der Waals surface area (Å²) < 4.78 is 25.8. The third-order valence-electron chi connectivity index (χ3n) is 8.43. The number of phosphoric acid groups is 1. The van der Waals surface area contributed by atoms with Crippen LogP contribution in [0.2, 0.25) is 0 Å². The fourth-order valence-corrected chi connectivity index (χ4v) is 5.82. The predicted molar refractivity (Wildman–Crippen MR) is 193 cm³/mol. The van der Waals surface area contributed by atoms with E-state index >= 15 is 0 Å². The third kappa shape index (κ3) is 37.4. The maximum Gasteiger partial charge on any atom is 0.306 e. The zero-order valence-electron chi connectivity index (χ0n) is 30.8. The highest BCUT2D eigenvalue weighted by molar-refractivity contribution is 7.43. The molecule has 0 aliphatic carbocycles. The van der Waals surface area contributed by atoms with Crippen LogP contribution in [0.5, 0.6) is 0 Å². The van der Waals surface area contributed by atoms with Crippen molar-refractivity contribution in [2.24, 2.45) is 0 Å². The van der Waals surface area contributed by atoms with Crippen molar-refractivity contribution in [2.45, 2.75) is 200 Å². The first kappa shape index (κ1) is 46.5. The minimum atomic E-state index is -5.25. The van der Waals surface area contributed by atoms with Gasteiger partial charge in [-0.15, -0.1) is 0 Å². The second-order valence-corrected chi connectivity index (χ2v) is 14.4. The number of allylic oxidation sites excluding steroid dienone is 4. The van der Waals surface area contributed by atoms with Crippen molar-refractivity contribution in [1.82, 2.24) is 0 Å². The third-order valence-corrected chi connectivity index (χ3v) is 8.90. The summed E-state index contributed by atoms with van der Waals surface area (Å²) in [5.41, 5.74) is 0. The SMILES string of the molecule is CCCCCCCC/C=C\CCCCCCCC(=O)OC[C@H](COP(=O)([O-])[O-])OC(=O)CCCC/C=C\CCCCCCCCCCC. The van der Waals surface area contributed by atoms with E-state index in [0.717, 1.165) is 51.4 Å². The summed E-state index contributed by atoms with van der Waals surface area (Å²) in [6.07, 6.45) is 38.6. The van der Waals surface area contributed by atoms with Gasteiger partial charge >= 0.3 is 11.9 Å². The van der Waals surface area contributed by atoms with Gasteiger partial charge in [0.05, 0.1) is 14.4 Å². The Hall–Kier alpha value is -1.47. The lowest BCUT2D eigenvalue weighted by Gasteiger charge is -2.30. The summed E-state index contributed by atoms with van der Waals surface area (Å²) in [6.45, 7) is 3.47. The van der Waals surface area contributed by atoms with E-state index in [9.17, 15) is 23.9 Å². The number of unbranched alkanes of at least 4 members (excludes halogenated alkanes) is 22. The van der Waals surface area contributed by atoms with Crippen molar-refractivity contribution < 1.29 is 37.9 Å². The summed E-state index contributed by atoms with van der Waals surface area (Å²) in [5, 5.41) is 0. The van der Waals surface area contributed by atoms with E-state index < -0.39 is 32.5 Å². The van der Waals surface area contributed by atoms with Crippen LogP contribution in [0.1, 0.15) is 194 Å². The van der Waals surface area contributed by atoms with Crippen molar-refractivity contribution >= 4 is 19.8 Å². The molecule has 0 aromatic rings. The number of phosphoric ester groups is 1. The van der Waals surface area contributed by atoms with E-state index in [1.54, 1.807) is 0 Å². The van der Waals surface area contributed by atoms with E-state index in [2.05, 4.69) is 42.7 Å². The molecule has 282 valence electrons. The number of esters is 2. The highest BCUT2D eigenvalue weighted by atomic mass is 31.2. The van der Waals surface area contributed by atoms with Gasteiger partial charge in [-0.25, -0.2) is 0 Å². The number of carbonyl (C=O) groups excluding carboxylic acids is 2. The maximum atomic E-state index is 12.3. The van der Waals surface area contributed by atoms with Crippen LogP contribution in [0, 0.1) is 0 Å². The van der Waals surface area contributed by atoms with Crippen LogP contribution in [0.3, 0.4) is 0 Å². The number of hydrogen-bond acceptors (Lipinski definition) is 8. The molecule has 0 aromatic carbocycles. The van der Waals surface area contributed by atoms with Crippen molar-refractivity contribution in [3.8, 4) is 0 Å². The topological polar surface area (TPSA) is 125 Å². The molecule has 9 heteroatoms. The molecule has 0 rings (SSSR count). The zero-order chi connectivity index (χ0) is 35.4. The van der Waals surface area contributed by atoms with E-state index in [1.165, 1.54) is 103 Å². The largest absolute Gasteiger partial charge is 0.790 e. The Bertz CT molecular complexity index is 838. The van der Waals surface area contributed by atoms with Crippen LogP contribution in [0.25, 0.3) is 0 Å². The minimum absolute atomic E-state index is 0.151. The fourth-order valence-electron chi connectivity index (χ4n) is 5.47. The molecule has 0 unspecified atom stereocenters. The predicted octanol–water partition coefficient (Wildman–Crippen LogP) is 10.4. The number of ether oxygens (including phenoxy) is 2. The van der Waals surface area contributed by atoms with E-state index in [1.807, 2.05) is 0 Å².